The number of rotatable bonds is 10. The van der Waals surface area contributed by atoms with Crippen LogP contribution < -0.4 is 4.74 Å². The van der Waals surface area contributed by atoms with Gasteiger partial charge >= 0.3 is 0 Å². The van der Waals surface area contributed by atoms with Gasteiger partial charge in [0.05, 0.1) is 18.0 Å². The number of ketones is 1. The van der Waals surface area contributed by atoms with E-state index in [0.717, 1.165) is 29.3 Å². The van der Waals surface area contributed by atoms with Crippen molar-refractivity contribution in [3.8, 4) is 5.75 Å². The lowest BCUT2D eigenvalue weighted by atomic mass is 10.1. The van der Waals surface area contributed by atoms with Crippen LogP contribution in [-0.4, -0.2) is 17.4 Å². The van der Waals surface area contributed by atoms with E-state index in [9.17, 15) is 4.79 Å². The number of carbonyl (C=O) groups is 1. The van der Waals surface area contributed by atoms with Crippen molar-refractivity contribution in [2.45, 2.75) is 45.4 Å². The van der Waals surface area contributed by atoms with Gasteiger partial charge in [0.2, 0.25) is 0 Å². The van der Waals surface area contributed by atoms with E-state index in [4.69, 9.17) is 4.74 Å². The maximum Gasteiger partial charge on any atom is 0.144 e. The molecular weight excluding hydrogens is 294 g/mol. The number of Topliss-reactive ketones (excluding diaryl/α,β-unsaturated/α-hetero) is 1. The van der Waals surface area contributed by atoms with E-state index in [1.54, 1.807) is 6.20 Å². The van der Waals surface area contributed by atoms with Crippen molar-refractivity contribution < 1.29 is 9.53 Å². The molecule has 0 amide bonds. The molecule has 0 aliphatic carbocycles. The largest absolute Gasteiger partial charge is 0.494 e. The molecule has 2 rings (SSSR count). The number of nitrogens with zero attached hydrogens (tertiary/aromatic N) is 1. The molecule has 0 N–H and O–H groups in total. The summed E-state index contributed by atoms with van der Waals surface area (Å²) in [6.45, 7) is 2.97. The van der Waals surface area contributed by atoms with Crippen LogP contribution in [0.25, 0.3) is 0 Å². The van der Waals surface area contributed by atoms with Gasteiger partial charge in [-0.3, -0.25) is 4.79 Å². The third-order valence-corrected chi connectivity index (χ3v) is 4.20. The van der Waals surface area contributed by atoms with Crippen molar-refractivity contribution >= 4 is 17.1 Å². The van der Waals surface area contributed by atoms with Gasteiger partial charge in [-0.25, -0.2) is 4.98 Å². The van der Waals surface area contributed by atoms with Crippen molar-refractivity contribution in [1.29, 1.82) is 0 Å². The summed E-state index contributed by atoms with van der Waals surface area (Å²) in [6, 6.07) is 7.85. The van der Waals surface area contributed by atoms with Crippen LogP contribution in [0.1, 0.15) is 43.2 Å². The standard InChI is InChI=1S/C18H23NO2S/c1-2-3-4-5-11-21-17-8-6-15(7-9-17)13-16(20)14-18-19-10-12-22-18/h6-10,12H,2-5,11,13-14H2,1H3. The Hall–Kier alpha value is -1.68. The molecule has 1 heterocycles. The highest BCUT2D eigenvalue weighted by atomic mass is 32.1. The molecule has 2 aromatic rings. The Morgan fingerprint density at radius 2 is 1.95 bits per heavy atom. The summed E-state index contributed by atoms with van der Waals surface area (Å²) in [5.74, 6) is 1.08. The molecule has 3 nitrogen and oxygen atoms in total. The zero-order valence-electron chi connectivity index (χ0n) is 13.1. The predicted molar refractivity (Wildman–Crippen MR) is 90.6 cm³/mol. The summed E-state index contributed by atoms with van der Waals surface area (Å²) >= 11 is 1.53. The fraction of sp³-hybridized carbons (Fsp3) is 0.444. The summed E-state index contributed by atoms with van der Waals surface area (Å²) in [6.07, 6.45) is 7.44. The molecule has 0 spiro atoms. The second-order valence-corrected chi connectivity index (χ2v) is 6.35. The molecule has 0 aliphatic rings. The summed E-state index contributed by atoms with van der Waals surface area (Å²) < 4.78 is 5.70. The first-order valence-electron chi connectivity index (χ1n) is 7.89. The van der Waals surface area contributed by atoms with Gasteiger partial charge in [-0.15, -0.1) is 11.3 Å². The Balaban J connectivity index is 1.73. The molecule has 118 valence electrons. The maximum absolute atomic E-state index is 12.0. The minimum atomic E-state index is 0.197. The predicted octanol–water partition coefficient (Wildman–Crippen LogP) is 4.46. The Kier molecular flexibility index (Phi) is 7.10. The van der Waals surface area contributed by atoms with E-state index in [-0.39, 0.29) is 5.78 Å². The van der Waals surface area contributed by atoms with Gasteiger partial charge < -0.3 is 4.74 Å². The quantitative estimate of drug-likeness (QED) is 0.607. The zero-order valence-corrected chi connectivity index (χ0v) is 13.9. The van der Waals surface area contributed by atoms with Gasteiger partial charge in [0.1, 0.15) is 11.5 Å². The van der Waals surface area contributed by atoms with Gasteiger partial charge in [-0.05, 0) is 24.1 Å². The average Bonchev–Trinajstić information content (AvgIpc) is 3.01. The average molecular weight is 317 g/mol. The van der Waals surface area contributed by atoms with E-state index in [0.29, 0.717) is 12.8 Å². The molecule has 0 aliphatic heterocycles. The fourth-order valence-corrected chi connectivity index (χ4v) is 2.87. The Morgan fingerprint density at radius 3 is 2.64 bits per heavy atom. The van der Waals surface area contributed by atoms with E-state index in [1.807, 2.05) is 29.6 Å². The van der Waals surface area contributed by atoms with Gasteiger partial charge in [-0.2, -0.15) is 0 Å². The van der Waals surface area contributed by atoms with Crippen LogP contribution in [0.2, 0.25) is 0 Å². The van der Waals surface area contributed by atoms with Crippen LogP contribution in [0.4, 0.5) is 0 Å². The van der Waals surface area contributed by atoms with Crippen LogP contribution >= 0.6 is 11.3 Å². The van der Waals surface area contributed by atoms with Crippen LogP contribution in [0.15, 0.2) is 35.8 Å². The summed E-state index contributed by atoms with van der Waals surface area (Å²) in [5.41, 5.74) is 1.03. The number of benzene rings is 1. The first-order valence-corrected chi connectivity index (χ1v) is 8.77. The topological polar surface area (TPSA) is 39.2 Å². The molecule has 22 heavy (non-hydrogen) atoms. The molecule has 0 radical (unpaired) electrons. The van der Waals surface area contributed by atoms with Crippen LogP contribution in [0, 0.1) is 0 Å². The minimum Gasteiger partial charge on any atom is -0.494 e. The van der Waals surface area contributed by atoms with Gasteiger partial charge in [-0.1, -0.05) is 38.3 Å². The maximum atomic E-state index is 12.0. The van der Waals surface area contributed by atoms with E-state index < -0.39 is 0 Å². The highest BCUT2D eigenvalue weighted by Crippen LogP contribution is 2.14. The molecule has 0 fully saturated rings. The van der Waals surface area contributed by atoms with Crippen molar-refractivity contribution in [2.75, 3.05) is 6.61 Å². The highest BCUT2D eigenvalue weighted by molar-refractivity contribution is 7.09. The normalized spacial score (nSPS) is 10.6. The minimum absolute atomic E-state index is 0.197. The number of thiazole rings is 1. The summed E-state index contributed by atoms with van der Waals surface area (Å²) in [5, 5.41) is 2.78. The fourth-order valence-electron chi connectivity index (χ4n) is 2.22. The zero-order chi connectivity index (χ0) is 15.6. The van der Waals surface area contributed by atoms with E-state index >= 15 is 0 Å². The van der Waals surface area contributed by atoms with Gasteiger partial charge in [0.25, 0.3) is 0 Å². The van der Waals surface area contributed by atoms with E-state index in [2.05, 4.69) is 11.9 Å². The monoisotopic (exact) mass is 317 g/mol. The Bertz CT molecular complexity index is 549. The lowest BCUT2D eigenvalue weighted by Crippen LogP contribution is -2.06. The molecule has 0 atom stereocenters. The molecule has 4 heteroatoms. The first-order chi connectivity index (χ1) is 10.8. The van der Waals surface area contributed by atoms with Crippen LogP contribution in [-0.2, 0) is 17.6 Å². The molecule has 0 saturated carbocycles. The number of hydrogen-bond acceptors (Lipinski definition) is 4. The second-order valence-electron chi connectivity index (χ2n) is 5.37. The van der Waals surface area contributed by atoms with Gasteiger partial charge in [0, 0.05) is 18.0 Å². The second kappa shape index (κ2) is 9.36. The van der Waals surface area contributed by atoms with E-state index in [1.165, 1.54) is 30.6 Å². The van der Waals surface area contributed by atoms with Crippen molar-refractivity contribution in [2.24, 2.45) is 0 Å². The third kappa shape index (κ3) is 5.98. The van der Waals surface area contributed by atoms with Crippen molar-refractivity contribution in [1.82, 2.24) is 4.98 Å². The molecule has 0 unspecified atom stereocenters. The lowest BCUT2D eigenvalue weighted by molar-refractivity contribution is -0.117. The molecule has 0 bridgehead atoms. The van der Waals surface area contributed by atoms with Crippen molar-refractivity contribution in [3.63, 3.8) is 0 Å². The third-order valence-electron chi connectivity index (χ3n) is 3.42. The highest BCUT2D eigenvalue weighted by Gasteiger charge is 2.07. The summed E-state index contributed by atoms with van der Waals surface area (Å²) in [4.78, 5) is 16.1. The van der Waals surface area contributed by atoms with Crippen LogP contribution in [0.3, 0.4) is 0 Å². The molecule has 1 aromatic carbocycles. The Labute approximate surface area is 136 Å². The van der Waals surface area contributed by atoms with Gasteiger partial charge in [0.15, 0.2) is 0 Å². The first kappa shape index (κ1) is 16.7. The smallest absolute Gasteiger partial charge is 0.144 e. The molecule has 0 saturated heterocycles. The SMILES string of the molecule is CCCCCCOc1ccc(CC(=O)Cc2nccs2)cc1. The van der Waals surface area contributed by atoms with Crippen LogP contribution in [0.5, 0.6) is 5.75 Å². The number of aromatic nitrogens is 1. The lowest BCUT2D eigenvalue weighted by Gasteiger charge is -2.07. The molecular formula is C18H23NO2S. The molecule has 1 aromatic heterocycles. The number of unbranched alkanes of at least 4 members (excludes halogenated alkanes) is 3. The Morgan fingerprint density at radius 1 is 1.14 bits per heavy atom. The summed E-state index contributed by atoms with van der Waals surface area (Å²) in [7, 11) is 0. The number of ether oxygens (including phenoxy) is 1. The number of carbonyl (C=O) groups excluding carboxylic acids is 1. The van der Waals surface area contributed by atoms with Crippen molar-refractivity contribution in [3.05, 3.63) is 46.4 Å². The number of hydrogen-bond donors (Lipinski definition) is 0.